The van der Waals surface area contributed by atoms with Crippen LogP contribution in [0.3, 0.4) is 0 Å². The molecule has 1 heterocycles. The topological polar surface area (TPSA) is 59.5 Å². The van der Waals surface area contributed by atoms with Gasteiger partial charge in [0.2, 0.25) is 10.0 Å². The number of nitrogens with zero attached hydrogens (tertiary/aromatic N) is 2. The van der Waals surface area contributed by atoms with Gasteiger partial charge in [0.25, 0.3) is 0 Å². The van der Waals surface area contributed by atoms with Gasteiger partial charge in [-0.05, 0) is 56.7 Å². The van der Waals surface area contributed by atoms with Crippen molar-refractivity contribution in [1.29, 1.82) is 0 Å². The van der Waals surface area contributed by atoms with Crippen molar-refractivity contribution in [2.24, 2.45) is 0 Å². The molecule has 0 N–H and O–H groups in total. The van der Waals surface area contributed by atoms with Gasteiger partial charge < -0.3 is 4.74 Å². The standard InChI is InChI=1S/C22H25ClN2O3S2/c1-4-17(3)25(30(26,27)21-11-5-16(2)6-12-21)13-19-15-29-22(24-19)14-28-20-9-7-18(23)8-10-20/h5-12,15,17H,4,13-14H2,1-3H3/t17-/m0/s1. The van der Waals surface area contributed by atoms with Crippen molar-refractivity contribution in [3.63, 3.8) is 0 Å². The van der Waals surface area contributed by atoms with Crippen LogP contribution in [-0.2, 0) is 23.2 Å². The van der Waals surface area contributed by atoms with E-state index in [1.165, 1.54) is 15.6 Å². The van der Waals surface area contributed by atoms with E-state index < -0.39 is 10.0 Å². The van der Waals surface area contributed by atoms with Gasteiger partial charge >= 0.3 is 0 Å². The van der Waals surface area contributed by atoms with E-state index in [0.717, 1.165) is 10.6 Å². The fourth-order valence-electron chi connectivity index (χ4n) is 2.85. The molecule has 8 heteroatoms. The molecule has 5 nitrogen and oxygen atoms in total. The normalized spacial score (nSPS) is 12.8. The number of hydrogen-bond acceptors (Lipinski definition) is 5. The number of aryl methyl sites for hydroxylation is 1. The number of ether oxygens (including phenoxy) is 1. The van der Waals surface area contributed by atoms with Crippen molar-refractivity contribution >= 4 is 33.0 Å². The van der Waals surface area contributed by atoms with E-state index in [9.17, 15) is 8.42 Å². The minimum Gasteiger partial charge on any atom is -0.486 e. The molecule has 0 saturated heterocycles. The maximum Gasteiger partial charge on any atom is 0.243 e. The van der Waals surface area contributed by atoms with E-state index in [1.54, 1.807) is 36.4 Å². The predicted octanol–water partition coefficient (Wildman–Crippen LogP) is 5.67. The van der Waals surface area contributed by atoms with Gasteiger partial charge in [0.1, 0.15) is 17.4 Å². The summed E-state index contributed by atoms with van der Waals surface area (Å²) in [4.78, 5) is 4.88. The maximum absolute atomic E-state index is 13.3. The number of aromatic nitrogens is 1. The van der Waals surface area contributed by atoms with Gasteiger partial charge in [-0.1, -0.05) is 36.2 Å². The average molecular weight is 465 g/mol. The molecule has 2 aromatic carbocycles. The molecular formula is C22H25ClN2O3S2. The zero-order chi connectivity index (χ0) is 21.7. The van der Waals surface area contributed by atoms with Crippen LogP contribution >= 0.6 is 22.9 Å². The Hall–Kier alpha value is -1.93. The van der Waals surface area contributed by atoms with E-state index in [-0.39, 0.29) is 12.6 Å². The van der Waals surface area contributed by atoms with Crippen LogP contribution in [0.1, 0.15) is 36.5 Å². The highest BCUT2D eigenvalue weighted by Gasteiger charge is 2.29. The van der Waals surface area contributed by atoms with Crippen LogP contribution in [0.2, 0.25) is 5.02 Å². The maximum atomic E-state index is 13.3. The fraction of sp³-hybridized carbons (Fsp3) is 0.318. The summed E-state index contributed by atoms with van der Waals surface area (Å²) < 4.78 is 33.8. The molecular weight excluding hydrogens is 440 g/mol. The first-order chi connectivity index (χ1) is 14.3. The molecule has 0 aliphatic heterocycles. The van der Waals surface area contributed by atoms with E-state index >= 15 is 0 Å². The average Bonchev–Trinajstić information content (AvgIpc) is 3.19. The lowest BCUT2D eigenvalue weighted by atomic mass is 10.2. The van der Waals surface area contributed by atoms with Crippen LogP contribution in [0.15, 0.2) is 58.8 Å². The van der Waals surface area contributed by atoms with Crippen molar-refractivity contribution in [3.8, 4) is 5.75 Å². The van der Waals surface area contributed by atoms with Crippen molar-refractivity contribution < 1.29 is 13.2 Å². The Morgan fingerprint density at radius 3 is 2.43 bits per heavy atom. The van der Waals surface area contributed by atoms with Gasteiger partial charge in [0.15, 0.2) is 0 Å². The molecule has 0 radical (unpaired) electrons. The monoisotopic (exact) mass is 464 g/mol. The van der Waals surface area contributed by atoms with E-state index in [0.29, 0.717) is 34.4 Å². The molecule has 1 aromatic heterocycles. The Morgan fingerprint density at radius 1 is 1.13 bits per heavy atom. The quantitative estimate of drug-likeness (QED) is 0.409. The minimum absolute atomic E-state index is 0.147. The van der Waals surface area contributed by atoms with Gasteiger partial charge in [-0.3, -0.25) is 0 Å². The second-order valence-corrected chi connectivity index (χ2v) is 10.4. The van der Waals surface area contributed by atoms with Gasteiger partial charge in [-0.25, -0.2) is 13.4 Å². The summed E-state index contributed by atoms with van der Waals surface area (Å²) in [5.74, 6) is 0.708. The van der Waals surface area contributed by atoms with Crippen LogP contribution in [0, 0.1) is 6.92 Å². The smallest absolute Gasteiger partial charge is 0.243 e. The molecule has 3 rings (SSSR count). The van der Waals surface area contributed by atoms with Gasteiger partial charge in [0.05, 0.1) is 17.1 Å². The highest BCUT2D eigenvalue weighted by atomic mass is 35.5. The number of rotatable bonds is 9. The summed E-state index contributed by atoms with van der Waals surface area (Å²) in [6.45, 7) is 6.38. The summed E-state index contributed by atoms with van der Waals surface area (Å²) in [7, 11) is -3.62. The molecule has 0 saturated carbocycles. The van der Waals surface area contributed by atoms with Crippen molar-refractivity contribution in [2.75, 3.05) is 0 Å². The van der Waals surface area contributed by atoms with Crippen molar-refractivity contribution in [2.45, 2.75) is 51.3 Å². The lowest BCUT2D eigenvalue weighted by Crippen LogP contribution is -2.37. The van der Waals surface area contributed by atoms with Crippen molar-refractivity contribution in [1.82, 2.24) is 9.29 Å². The SMILES string of the molecule is CC[C@H](C)N(Cc1csc(COc2ccc(Cl)cc2)n1)S(=O)(=O)c1ccc(C)cc1. The lowest BCUT2D eigenvalue weighted by molar-refractivity contribution is 0.302. The lowest BCUT2D eigenvalue weighted by Gasteiger charge is -2.27. The molecule has 30 heavy (non-hydrogen) atoms. The van der Waals surface area contributed by atoms with Gasteiger partial charge in [-0.2, -0.15) is 4.31 Å². The van der Waals surface area contributed by atoms with E-state index in [1.807, 2.05) is 38.3 Å². The Labute approximate surface area is 187 Å². The second-order valence-electron chi connectivity index (χ2n) is 7.10. The zero-order valence-electron chi connectivity index (χ0n) is 17.2. The van der Waals surface area contributed by atoms with Crippen molar-refractivity contribution in [3.05, 3.63) is 75.2 Å². The third-order valence-corrected chi connectivity index (χ3v) is 7.90. The minimum atomic E-state index is -3.62. The molecule has 0 bridgehead atoms. The predicted molar refractivity (Wildman–Crippen MR) is 122 cm³/mol. The summed E-state index contributed by atoms with van der Waals surface area (Å²) in [5, 5.41) is 3.33. The summed E-state index contributed by atoms with van der Waals surface area (Å²) in [6, 6.07) is 13.9. The zero-order valence-corrected chi connectivity index (χ0v) is 19.6. The Morgan fingerprint density at radius 2 is 1.80 bits per heavy atom. The van der Waals surface area contributed by atoms with Crippen LogP contribution in [0.5, 0.6) is 5.75 Å². The first-order valence-corrected chi connectivity index (χ1v) is 12.4. The van der Waals surface area contributed by atoms with Crippen LogP contribution in [0.4, 0.5) is 0 Å². The Kier molecular flexibility index (Phi) is 7.52. The number of thiazole rings is 1. The molecule has 3 aromatic rings. The molecule has 1 atom stereocenters. The van der Waals surface area contributed by atoms with Gasteiger partial charge in [0, 0.05) is 16.4 Å². The molecule has 0 aliphatic carbocycles. The number of benzene rings is 2. The first kappa shape index (κ1) is 22.7. The Bertz CT molecular complexity index is 1060. The highest BCUT2D eigenvalue weighted by Crippen LogP contribution is 2.24. The second kappa shape index (κ2) is 9.92. The van der Waals surface area contributed by atoms with Crippen LogP contribution < -0.4 is 4.74 Å². The number of hydrogen-bond donors (Lipinski definition) is 0. The molecule has 0 spiro atoms. The fourth-order valence-corrected chi connectivity index (χ4v) is 5.35. The van der Waals surface area contributed by atoms with E-state index in [4.69, 9.17) is 16.3 Å². The molecule has 0 aliphatic rings. The summed E-state index contributed by atoms with van der Waals surface area (Å²) in [6.07, 6.45) is 0.710. The third kappa shape index (κ3) is 5.60. The summed E-state index contributed by atoms with van der Waals surface area (Å²) >= 11 is 7.35. The number of sulfonamides is 1. The Balaban J connectivity index is 1.74. The van der Waals surface area contributed by atoms with Crippen LogP contribution in [-0.4, -0.2) is 23.7 Å². The third-order valence-electron chi connectivity index (χ3n) is 4.80. The molecule has 0 amide bonds. The molecule has 0 unspecified atom stereocenters. The summed E-state index contributed by atoms with van der Waals surface area (Å²) in [5.41, 5.74) is 1.74. The first-order valence-electron chi connectivity index (χ1n) is 9.69. The highest BCUT2D eigenvalue weighted by molar-refractivity contribution is 7.89. The number of halogens is 1. The van der Waals surface area contributed by atoms with E-state index in [2.05, 4.69) is 4.98 Å². The van der Waals surface area contributed by atoms with Crippen LogP contribution in [0.25, 0.3) is 0 Å². The van der Waals surface area contributed by atoms with Gasteiger partial charge in [-0.15, -0.1) is 11.3 Å². The molecule has 160 valence electrons. The molecule has 0 fully saturated rings. The largest absolute Gasteiger partial charge is 0.486 e.